The number of aromatic amines is 1. The lowest BCUT2D eigenvalue weighted by atomic mass is 9.95. The first kappa shape index (κ1) is 15.1. The Bertz CT molecular complexity index is 695. The molecule has 4 rings (SSSR count). The van der Waals surface area contributed by atoms with Crippen LogP contribution in [0.5, 0.6) is 0 Å². The summed E-state index contributed by atoms with van der Waals surface area (Å²) in [5, 5.41) is 7.13. The van der Waals surface area contributed by atoms with Gasteiger partial charge in [-0.25, -0.2) is 4.98 Å². The van der Waals surface area contributed by atoms with Gasteiger partial charge in [0.1, 0.15) is 11.5 Å². The average Bonchev–Trinajstić information content (AvgIpc) is 3.35. The summed E-state index contributed by atoms with van der Waals surface area (Å²) in [4.78, 5) is 25.5. The van der Waals surface area contributed by atoms with Gasteiger partial charge in [0.25, 0.3) is 5.91 Å². The van der Waals surface area contributed by atoms with Gasteiger partial charge in [-0.2, -0.15) is 5.10 Å². The summed E-state index contributed by atoms with van der Waals surface area (Å²) >= 11 is 0. The first-order chi connectivity index (χ1) is 11.8. The van der Waals surface area contributed by atoms with Crippen molar-refractivity contribution in [3.63, 3.8) is 0 Å². The van der Waals surface area contributed by atoms with Crippen LogP contribution in [0.25, 0.3) is 0 Å². The third kappa shape index (κ3) is 2.98. The summed E-state index contributed by atoms with van der Waals surface area (Å²) in [6.45, 7) is 3.48. The van der Waals surface area contributed by atoms with Crippen LogP contribution < -0.4 is 4.90 Å². The third-order valence-electron chi connectivity index (χ3n) is 4.94. The predicted molar refractivity (Wildman–Crippen MR) is 89.9 cm³/mol. The van der Waals surface area contributed by atoms with Crippen molar-refractivity contribution in [1.82, 2.24) is 25.1 Å². The van der Waals surface area contributed by atoms with Crippen molar-refractivity contribution >= 4 is 11.7 Å². The molecule has 1 N–H and O–H groups in total. The molecule has 0 aliphatic carbocycles. The van der Waals surface area contributed by atoms with Gasteiger partial charge in [-0.05, 0) is 31.7 Å². The second kappa shape index (κ2) is 6.59. The van der Waals surface area contributed by atoms with Gasteiger partial charge in [0, 0.05) is 44.0 Å². The smallest absolute Gasteiger partial charge is 0.274 e. The highest BCUT2D eigenvalue weighted by molar-refractivity contribution is 5.92. The predicted octanol–water partition coefficient (Wildman–Crippen LogP) is 1.82. The van der Waals surface area contributed by atoms with Crippen LogP contribution in [0.4, 0.5) is 5.82 Å². The Morgan fingerprint density at radius 2 is 2.04 bits per heavy atom. The molecular weight excluding hydrogens is 304 g/mol. The van der Waals surface area contributed by atoms with E-state index in [0.29, 0.717) is 11.6 Å². The van der Waals surface area contributed by atoms with Crippen LogP contribution >= 0.6 is 0 Å². The van der Waals surface area contributed by atoms with Crippen molar-refractivity contribution in [2.75, 3.05) is 31.1 Å². The number of hydrogen-bond acceptors (Lipinski definition) is 5. The minimum absolute atomic E-state index is 0.00368. The highest BCUT2D eigenvalue weighted by Crippen LogP contribution is 2.27. The summed E-state index contributed by atoms with van der Waals surface area (Å²) < 4.78 is 0. The molecule has 2 fully saturated rings. The highest BCUT2D eigenvalue weighted by atomic mass is 16.2. The van der Waals surface area contributed by atoms with E-state index in [1.165, 1.54) is 0 Å². The fourth-order valence-corrected chi connectivity index (χ4v) is 3.63. The molecule has 7 heteroatoms. The fourth-order valence-electron chi connectivity index (χ4n) is 3.63. The molecule has 0 saturated carbocycles. The molecule has 1 amide bonds. The molecule has 7 nitrogen and oxygen atoms in total. The van der Waals surface area contributed by atoms with E-state index in [1.807, 2.05) is 11.0 Å². The number of nitrogens with zero attached hydrogens (tertiary/aromatic N) is 5. The molecule has 0 bridgehead atoms. The molecule has 2 aliphatic rings. The molecule has 2 saturated heterocycles. The monoisotopic (exact) mass is 326 g/mol. The standard InChI is InChI=1S/C17H22N6O/c24-17(22-7-1-2-8-22)15-10-18-11-16(20-15)23-9-3-4-13(12-23)14-5-6-19-21-14/h5-6,10-11,13H,1-4,7-9,12H2,(H,19,21). The SMILES string of the molecule is O=C(c1cncc(N2CCCC(c3ccn[nH]3)C2)n1)N1CCCC1. The van der Waals surface area contributed by atoms with E-state index < -0.39 is 0 Å². The van der Waals surface area contributed by atoms with Crippen LogP contribution in [0.2, 0.25) is 0 Å². The first-order valence-corrected chi connectivity index (χ1v) is 8.67. The number of likely N-dealkylation sites (tertiary alicyclic amines) is 1. The van der Waals surface area contributed by atoms with Crippen LogP contribution in [0.15, 0.2) is 24.7 Å². The Balaban J connectivity index is 1.51. The summed E-state index contributed by atoms with van der Waals surface area (Å²) in [5.74, 6) is 1.22. The molecule has 24 heavy (non-hydrogen) atoms. The van der Waals surface area contributed by atoms with Gasteiger partial charge >= 0.3 is 0 Å². The quantitative estimate of drug-likeness (QED) is 0.931. The van der Waals surface area contributed by atoms with Crippen LogP contribution in [0.3, 0.4) is 0 Å². The number of H-pyrrole nitrogens is 1. The highest BCUT2D eigenvalue weighted by Gasteiger charge is 2.25. The van der Waals surface area contributed by atoms with E-state index in [9.17, 15) is 4.79 Å². The number of nitrogens with one attached hydrogen (secondary N) is 1. The summed E-state index contributed by atoms with van der Waals surface area (Å²) in [6.07, 6.45) is 9.53. The molecule has 0 aromatic carbocycles. The molecule has 1 atom stereocenters. The van der Waals surface area contributed by atoms with E-state index in [4.69, 9.17) is 0 Å². The Kier molecular flexibility index (Phi) is 4.15. The number of carbonyl (C=O) groups is 1. The normalized spacial score (nSPS) is 21.2. The maximum atomic E-state index is 12.5. The Morgan fingerprint density at radius 1 is 1.17 bits per heavy atom. The average molecular weight is 326 g/mol. The fraction of sp³-hybridized carbons (Fsp3) is 0.529. The van der Waals surface area contributed by atoms with E-state index >= 15 is 0 Å². The van der Waals surface area contributed by atoms with Gasteiger partial charge in [0.05, 0.1) is 12.4 Å². The number of rotatable bonds is 3. The van der Waals surface area contributed by atoms with Crippen molar-refractivity contribution in [2.24, 2.45) is 0 Å². The van der Waals surface area contributed by atoms with Gasteiger partial charge in [-0.15, -0.1) is 0 Å². The Morgan fingerprint density at radius 3 is 2.83 bits per heavy atom. The van der Waals surface area contributed by atoms with Crippen molar-refractivity contribution in [2.45, 2.75) is 31.6 Å². The van der Waals surface area contributed by atoms with E-state index in [-0.39, 0.29) is 5.91 Å². The van der Waals surface area contributed by atoms with Gasteiger partial charge in [-0.3, -0.25) is 14.9 Å². The van der Waals surface area contributed by atoms with Crippen molar-refractivity contribution < 1.29 is 4.79 Å². The van der Waals surface area contributed by atoms with Gasteiger partial charge in [0.15, 0.2) is 0 Å². The number of piperidine rings is 1. The maximum absolute atomic E-state index is 12.5. The minimum atomic E-state index is 0.00368. The molecule has 2 aromatic rings. The zero-order chi connectivity index (χ0) is 16.4. The number of anilines is 1. The molecule has 2 aromatic heterocycles. The molecule has 4 heterocycles. The second-order valence-corrected chi connectivity index (χ2v) is 6.56. The van der Waals surface area contributed by atoms with Crippen LogP contribution in [0.1, 0.15) is 47.8 Å². The summed E-state index contributed by atoms with van der Waals surface area (Å²) in [6, 6.07) is 2.03. The number of carbonyl (C=O) groups excluding carboxylic acids is 1. The van der Waals surface area contributed by atoms with Gasteiger partial charge in [-0.1, -0.05) is 0 Å². The number of aromatic nitrogens is 4. The minimum Gasteiger partial charge on any atom is -0.355 e. The van der Waals surface area contributed by atoms with Crippen molar-refractivity contribution in [1.29, 1.82) is 0 Å². The van der Waals surface area contributed by atoms with Crippen molar-refractivity contribution in [3.05, 3.63) is 36.0 Å². The van der Waals surface area contributed by atoms with Gasteiger partial charge < -0.3 is 9.80 Å². The Hall–Kier alpha value is -2.44. The summed E-state index contributed by atoms with van der Waals surface area (Å²) in [7, 11) is 0. The third-order valence-corrected chi connectivity index (χ3v) is 4.94. The molecule has 1 unspecified atom stereocenters. The molecule has 126 valence electrons. The van der Waals surface area contributed by atoms with Crippen LogP contribution in [-0.4, -0.2) is 57.2 Å². The lowest BCUT2D eigenvalue weighted by Gasteiger charge is -2.33. The van der Waals surface area contributed by atoms with E-state index in [0.717, 1.165) is 63.4 Å². The second-order valence-electron chi connectivity index (χ2n) is 6.56. The molecular formula is C17H22N6O. The topological polar surface area (TPSA) is 78.0 Å². The number of amides is 1. The summed E-state index contributed by atoms with van der Waals surface area (Å²) in [5.41, 5.74) is 1.62. The molecule has 0 spiro atoms. The molecule has 0 radical (unpaired) electrons. The lowest BCUT2D eigenvalue weighted by Crippen LogP contribution is -2.36. The zero-order valence-corrected chi connectivity index (χ0v) is 13.7. The number of hydrogen-bond donors (Lipinski definition) is 1. The van der Waals surface area contributed by atoms with Crippen LogP contribution in [-0.2, 0) is 0 Å². The van der Waals surface area contributed by atoms with Crippen LogP contribution in [0, 0.1) is 0 Å². The van der Waals surface area contributed by atoms with Crippen molar-refractivity contribution in [3.8, 4) is 0 Å². The first-order valence-electron chi connectivity index (χ1n) is 8.67. The maximum Gasteiger partial charge on any atom is 0.274 e. The zero-order valence-electron chi connectivity index (χ0n) is 13.7. The molecule has 2 aliphatic heterocycles. The van der Waals surface area contributed by atoms with E-state index in [2.05, 4.69) is 25.1 Å². The lowest BCUT2D eigenvalue weighted by molar-refractivity contribution is 0.0786. The van der Waals surface area contributed by atoms with Gasteiger partial charge in [0.2, 0.25) is 0 Å². The van der Waals surface area contributed by atoms with E-state index in [1.54, 1.807) is 18.6 Å². The largest absolute Gasteiger partial charge is 0.355 e. The Labute approximate surface area is 141 Å².